The third-order valence-electron chi connectivity index (χ3n) is 4.07. The summed E-state index contributed by atoms with van der Waals surface area (Å²) in [4.78, 5) is 16.6. The Kier molecular flexibility index (Phi) is 3.09. The summed E-state index contributed by atoms with van der Waals surface area (Å²) in [7, 11) is 0. The third-order valence-corrected chi connectivity index (χ3v) is 4.07. The minimum Gasteiger partial charge on any atom is -0.399 e. The smallest absolute Gasteiger partial charge is 0.242 e. The SMILES string of the molecule is CCN(C(=O)CN1CCc2cc(N)ccc21)C1CC1. The van der Waals surface area contributed by atoms with Crippen LogP contribution in [0.3, 0.4) is 0 Å². The highest BCUT2D eigenvalue weighted by Gasteiger charge is 2.32. The van der Waals surface area contributed by atoms with E-state index in [0.717, 1.165) is 25.2 Å². The molecule has 4 nitrogen and oxygen atoms in total. The minimum absolute atomic E-state index is 0.259. The maximum Gasteiger partial charge on any atom is 0.242 e. The molecule has 1 aromatic rings. The van der Waals surface area contributed by atoms with Gasteiger partial charge in [0.05, 0.1) is 6.54 Å². The standard InChI is InChI=1S/C15H21N3O/c1-2-18(13-4-5-13)15(19)10-17-8-7-11-9-12(16)3-6-14(11)17/h3,6,9,13H,2,4-5,7-8,10,16H2,1H3. The Labute approximate surface area is 114 Å². The zero-order valence-electron chi connectivity index (χ0n) is 11.4. The average Bonchev–Trinajstić information content (AvgIpc) is 3.14. The molecule has 0 bridgehead atoms. The Morgan fingerprint density at radius 2 is 2.26 bits per heavy atom. The van der Waals surface area contributed by atoms with Crippen LogP contribution in [0.4, 0.5) is 11.4 Å². The van der Waals surface area contributed by atoms with Crippen LogP contribution < -0.4 is 10.6 Å². The molecule has 1 aromatic carbocycles. The van der Waals surface area contributed by atoms with Crippen LogP contribution in [-0.2, 0) is 11.2 Å². The van der Waals surface area contributed by atoms with Gasteiger partial charge in [0.1, 0.15) is 0 Å². The minimum atomic E-state index is 0.259. The quantitative estimate of drug-likeness (QED) is 0.836. The summed E-state index contributed by atoms with van der Waals surface area (Å²) in [5.41, 5.74) is 9.05. The van der Waals surface area contributed by atoms with E-state index in [1.54, 1.807) is 0 Å². The van der Waals surface area contributed by atoms with Gasteiger partial charge in [-0.3, -0.25) is 4.79 Å². The van der Waals surface area contributed by atoms with E-state index >= 15 is 0 Å². The highest BCUT2D eigenvalue weighted by molar-refractivity contribution is 5.83. The second-order valence-corrected chi connectivity index (χ2v) is 5.47. The summed E-state index contributed by atoms with van der Waals surface area (Å²) >= 11 is 0. The summed E-state index contributed by atoms with van der Waals surface area (Å²) in [6, 6.07) is 6.49. The van der Waals surface area contributed by atoms with Crippen LogP contribution in [0.2, 0.25) is 0 Å². The lowest BCUT2D eigenvalue weighted by Crippen LogP contribution is -2.41. The summed E-state index contributed by atoms with van der Waals surface area (Å²) in [5, 5.41) is 0. The van der Waals surface area contributed by atoms with Gasteiger partial charge in [-0.1, -0.05) is 0 Å². The van der Waals surface area contributed by atoms with E-state index in [-0.39, 0.29) is 5.91 Å². The fourth-order valence-corrected chi connectivity index (χ4v) is 2.93. The maximum absolute atomic E-state index is 12.3. The van der Waals surface area contributed by atoms with Gasteiger partial charge in [0.2, 0.25) is 5.91 Å². The molecule has 0 saturated heterocycles. The van der Waals surface area contributed by atoms with Gasteiger partial charge in [0, 0.05) is 30.5 Å². The van der Waals surface area contributed by atoms with Crippen LogP contribution in [0.1, 0.15) is 25.3 Å². The number of rotatable bonds is 4. The predicted molar refractivity (Wildman–Crippen MR) is 77.2 cm³/mol. The predicted octanol–water partition coefficient (Wildman–Crippen LogP) is 1.64. The number of amides is 1. The number of nitrogens with two attached hydrogens (primary N) is 1. The van der Waals surface area contributed by atoms with Crippen molar-refractivity contribution in [1.29, 1.82) is 0 Å². The Hall–Kier alpha value is -1.71. The highest BCUT2D eigenvalue weighted by atomic mass is 16.2. The van der Waals surface area contributed by atoms with Gasteiger partial charge >= 0.3 is 0 Å². The lowest BCUT2D eigenvalue weighted by Gasteiger charge is -2.25. The molecule has 0 aromatic heterocycles. The number of hydrogen-bond donors (Lipinski definition) is 1. The van der Waals surface area contributed by atoms with Crippen LogP contribution in [0.15, 0.2) is 18.2 Å². The number of anilines is 2. The van der Waals surface area contributed by atoms with Gasteiger partial charge in [-0.05, 0) is 49.9 Å². The Morgan fingerprint density at radius 3 is 2.95 bits per heavy atom. The number of benzene rings is 1. The van der Waals surface area contributed by atoms with Crippen LogP contribution >= 0.6 is 0 Å². The first-order valence-corrected chi connectivity index (χ1v) is 7.12. The second kappa shape index (κ2) is 4.76. The molecule has 1 fully saturated rings. The van der Waals surface area contributed by atoms with Crippen molar-refractivity contribution in [3.8, 4) is 0 Å². The molecule has 19 heavy (non-hydrogen) atoms. The summed E-state index contributed by atoms with van der Waals surface area (Å²) < 4.78 is 0. The number of nitrogens with zero attached hydrogens (tertiary/aromatic N) is 2. The molecule has 0 spiro atoms. The molecule has 2 aliphatic rings. The van der Waals surface area contributed by atoms with Crippen LogP contribution in [0.5, 0.6) is 0 Å². The zero-order valence-corrected chi connectivity index (χ0v) is 11.4. The molecule has 0 unspecified atom stereocenters. The van der Waals surface area contributed by atoms with Crippen molar-refractivity contribution >= 4 is 17.3 Å². The van der Waals surface area contributed by atoms with E-state index in [9.17, 15) is 4.79 Å². The summed E-state index contributed by atoms with van der Waals surface area (Å²) in [6.07, 6.45) is 3.34. The molecule has 0 radical (unpaired) electrons. The van der Waals surface area contributed by atoms with Gasteiger partial charge in [0.15, 0.2) is 0 Å². The summed E-state index contributed by atoms with van der Waals surface area (Å²) in [5.74, 6) is 0.259. The van der Waals surface area contributed by atoms with E-state index in [4.69, 9.17) is 5.73 Å². The van der Waals surface area contributed by atoms with Crippen LogP contribution in [0, 0.1) is 0 Å². The largest absolute Gasteiger partial charge is 0.399 e. The molecule has 1 saturated carbocycles. The van der Waals surface area contributed by atoms with Crippen LogP contribution in [0.25, 0.3) is 0 Å². The fourth-order valence-electron chi connectivity index (χ4n) is 2.93. The lowest BCUT2D eigenvalue weighted by molar-refractivity contribution is -0.130. The van der Waals surface area contributed by atoms with E-state index in [0.29, 0.717) is 12.6 Å². The van der Waals surface area contributed by atoms with E-state index < -0.39 is 0 Å². The molecule has 1 aliphatic carbocycles. The monoisotopic (exact) mass is 259 g/mol. The number of hydrogen-bond acceptors (Lipinski definition) is 3. The molecule has 4 heteroatoms. The van der Waals surface area contributed by atoms with Gasteiger partial charge in [-0.15, -0.1) is 0 Å². The van der Waals surface area contributed by atoms with Gasteiger partial charge < -0.3 is 15.5 Å². The number of likely N-dealkylation sites (N-methyl/N-ethyl adjacent to an activating group) is 1. The van der Waals surface area contributed by atoms with Crippen molar-refractivity contribution in [2.24, 2.45) is 0 Å². The van der Waals surface area contributed by atoms with Crippen molar-refractivity contribution in [2.75, 3.05) is 30.3 Å². The van der Waals surface area contributed by atoms with Crippen molar-refractivity contribution in [2.45, 2.75) is 32.2 Å². The van der Waals surface area contributed by atoms with Gasteiger partial charge in [0.25, 0.3) is 0 Å². The molecule has 2 N–H and O–H groups in total. The first-order valence-electron chi connectivity index (χ1n) is 7.12. The molecule has 102 valence electrons. The van der Waals surface area contributed by atoms with Crippen molar-refractivity contribution < 1.29 is 4.79 Å². The number of nitrogen functional groups attached to an aromatic ring is 1. The van der Waals surface area contributed by atoms with Crippen molar-refractivity contribution in [3.05, 3.63) is 23.8 Å². The Balaban J connectivity index is 1.70. The number of carbonyl (C=O) groups excluding carboxylic acids is 1. The van der Waals surface area contributed by atoms with Crippen molar-refractivity contribution in [3.63, 3.8) is 0 Å². The Bertz CT molecular complexity index is 496. The average molecular weight is 259 g/mol. The fraction of sp³-hybridized carbons (Fsp3) is 0.533. The molecule has 0 atom stereocenters. The molecular weight excluding hydrogens is 238 g/mol. The number of carbonyl (C=O) groups is 1. The zero-order chi connectivity index (χ0) is 13.4. The third kappa shape index (κ3) is 2.39. The topological polar surface area (TPSA) is 49.6 Å². The van der Waals surface area contributed by atoms with Crippen LogP contribution in [-0.4, -0.2) is 36.5 Å². The molecule has 1 heterocycles. The highest BCUT2D eigenvalue weighted by Crippen LogP contribution is 2.31. The second-order valence-electron chi connectivity index (χ2n) is 5.47. The summed E-state index contributed by atoms with van der Waals surface area (Å²) in [6.45, 7) is 4.31. The maximum atomic E-state index is 12.3. The van der Waals surface area contributed by atoms with E-state index in [2.05, 4.69) is 11.8 Å². The van der Waals surface area contributed by atoms with Crippen molar-refractivity contribution in [1.82, 2.24) is 4.90 Å². The number of fused-ring (bicyclic) bond motifs is 1. The molecular formula is C15H21N3O. The molecule has 1 amide bonds. The molecule has 1 aliphatic heterocycles. The van der Waals surface area contributed by atoms with E-state index in [1.807, 2.05) is 23.1 Å². The Morgan fingerprint density at radius 1 is 1.47 bits per heavy atom. The molecule has 3 rings (SSSR count). The van der Waals surface area contributed by atoms with Gasteiger partial charge in [-0.2, -0.15) is 0 Å². The van der Waals surface area contributed by atoms with Gasteiger partial charge in [-0.25, -0.2) is 0 Å². The van der Waals surface area contributed by atoms with E-state index in [1.165, 1.54) is 24.1 Å². The first-order chi connectivity index (χ1) is 9.19. The first kappa shape index (κ1) is 12.3. The lowest BCUT2D eigenvalue weighted by atomic mass is 10.1. The normalized spacial score (nSPS) is 17.4.